The second-order valence-corrected chi connectivity index (χ2v) is 5.18. The largest absolute Gasteiger partial charge is 0.444 e. The average molecular weight is 241 g/mol. The number of unbranched alkanes of at least 4 members (excludes halogenated alkanes) is 3. The number of hydrogen-bond donors (Lipinski definition) is 1. The first-order valence-corrected chi connectivity index (χ1v) is 6.57. The predicted molar refractivity (Wildman–Crippen MR) is 72.1 cm³/mol. The fourth-order valence-corrected chi connectivity index (χ4v) is 1.32. The lowest BCUT2D eigenvalue weighted by molar-refractivity contribution is 0.0529. The van der Waals surface area contributed by atoms with Crippen molar-refractivity contribution in [1.29, 1.82) is 0 Å². The van der Waals surface area contributed by atoms with Crippen molar-refractivity contribution in [3.63, 3.8) is 0 Å². The highest BCUT2D eigenvalue weighted by Gasteiger charge is 2.14. The van der Waals surface area contributed by atoms with Crippen molar-refractivity contribution in [2.24, 2.45) is 0 Å². The Kier molecular flexibility index (Phi) is 8.55. The molecule has 0 aliphatic rings. The van der Waals surface area contributed by atoms with Gasteiger partial charge in [0.1, 0.15) is 5.60 Å². The van der Waals surface area contributed by atoms with Gasteiger partial charge in [-0.15, -0.1) is 0 Å². The van der Waals surface area contributed by atoms with E-state index in [0.29, 0.717) is 6.54 Å². The fraction of sp³-hybridized carbons (Fsp3) is 0.786. The highest BCUT2D eigenvalue weighted by atomic mass is 16.6. The van der Waals surface area contributed by atoms with Crippen molar-refractivity contribution in [2.45, 2.75) is 65.4 Å². The number of rotatable bonds is 7. The third-order valence-corrected chi connectivity index (χ3v) is 2.12. The molecule has 0 bridgehead atoms. The maximum atomic E-state index is 11.3. The molecule has 0 saturated carbocycles. The molecule has 0 saturated heterocycles. The molecule has 100 valence electrons. The van der Waals surface area contributed by atoms with Crippen LogP contribution in [0.1, 0.15) is 59.8 Å². The van der Waals surface area contributed by atoms with Crippen molar-refractivity contribution >= 4 is 6.09 Å². The summed E-state index contributed by atoms with van der Waals surface area (Å²) in [5.74, 6) is 0. The van der Waals surface area contributed by atoms with E-state index >= 15 is 0 Å². The molecule has 0 radical (unpaired) electrons. The molecule has 0 fully saturated rings. The van der Waals surface area contributed by atoms with Crippen LogP contribution >= 0.6 is 0 Å². The van der Waals surface area contributed by atoms with Crippen molar-refractivity contribution in [2.75, 3.05) is 6.54 Å². The quantitative estimate of drug-likeness (QED) is 0.539. The minimum atomic E-state index is -0.417. The number of hydrogen-bond acceptors (Lipinski definition) is 2. The fourth-order valence-electron chi connectivity index (χ4n) is 1.32. The molecular formula is C14H27NO2. The Hall–Kier alpha value is -0.990. The van der Waals surface area contributed by atoms with E-state index in [0.717, 1.165) is 12.8 Å². The molecule has 1 amide bonds. The normalized spacial score (nSPS) is 11.8. The number of allylic oxidation sites excluding steroid dienone is 1. The van der Waals surface area contributed by atoms with E-state index < -0.39 is 5.60 Å². The van der Waals surface area contributed by atoms with Crippen molar-refractivity contribution in [1.82, 2.24) is 5.32 Å². The highest BCUT2D eigenvalue weighted by Crippen LogP contribution is 2.06. The molecule has 0 aromatic heterocycles. The molecule has 17 heavy (non-hydrogen) atoms. The molecule has 0 rings (SSSR count). The van der Waals surface area contributed by atoms with Crippen LogP contribution < -0.4 is 5.32 Å². The summed E-state index contributed by atoms with van der Waals surface area (Å²) >= 11 is 0. The maximum absolute atomic E-state index is 11.3. The van der Waals surface area contributed by atoms with Crippen LogP contribution in [-0.2, 0) is 4.74 Å². The molecule has 0 aromatic carbocycles. The molecule has 3 nitrogen and oxygen atoms in total. The minimum absolute atomic E-state index is 0.336. The van der Waals surface area contributed by atoms with Gasteiger partial charge in [-0.05, 0) is 40.0 Å². The topological polar surface area (TPSA) is 38.3 Å². The Labute approximate surface area is 106 Å². The average Bonchev–Trinajstić information content (AvgIpc) is 2.19. The van der Waals surface area contributed by atoms with Gasteiger partial charge < -0.3 is 10.1 Å². The van der Waals surface area contributed by atoms with Crippen LogP contribution in [0, 0.1) is 0 Å². The number of ether oxygens (including phenoxy) is 1. The van der Waals surface area contributed by atoms with Gasteiger partial charge >= 0.3 is 6.09 Å². The van der Waals surface area contributed by atoms with E-state index in [-0.39, 0.29) is 6.09 Å². The van der Waals surface area contributed by atoms with Gasteiger partial charge in [0.25, 0.3) is 0 Å². The Balaban J connectivity index is 3.42. The first-order chi connectivity index (χ1) is 7.95. The number of nitrogens with one attached hydrogen (secondary N) is 1. The number of alkyl carbamates (subject to hydrolysis) is 1. The number of carbonyl (C=O) groups is 1. The van der Waals surface area contributed by atoms with Gasteiger partial charge in [-0.25, -0.2) is 4.79 Å². The van der Waals surface area contributed by atoms with Gasteiger partial charge in [0.15, 0.2) is 0 Å². The SMILES string of the molecule is CCCCC/C=C/CCNC(=O)OC(C)(C)C. The zero-order chi connectivity index (χ0) is 13.1. The van der Waals surface area contributed by atoms with Crippen LogP contribution in [-0.4, -0.2) is 18.2 Å². The van der Waals surface area contributed by atoms with Crippen LogP contribution in [0.25, 0.3) is 0 Å². The van der Waals surface area contributed by atoms with Gasteiger partial charge in [-0.2, -0.15) is 0 Å². The van der Waals surface area contributed by atoms with Crippen molar-refractivity contribution in [3.05, 3.63) is 12.2 Å². The van der Waals surface area contributed by atoms with E-state index in [1.54, 1.807) is 0 Å². The van der Waals surface area contributed by atoms with Crippen molar-refractivity contribution in [3.8, 4) is 0 Å². The Morgan fingerprint density at radius 2 is 1.82 bits per heavy atom. The van der Waals surface area contributed by atoms with Gasteiger partial charge in [0.05, 0.1) is 0 Å². The summed E-state index contributed by atoms with van der Waals surface area (Å²) in [6, 6.07) is 0. The molecule has 0 atom stereocenters. The smallest absolute Gasteiger partial charge is 0.407 e. The summed E-state index contributed by atoms with van der Waals surface area (Å²) in [4.78, 5) is 11.3. The predicted octanol–water partition coefficient (Wildman–Crippen LogP) is 4.04. The lowest BCUT2D eigenvalue weighted by Gasteiger charge is -2.19. The van der Waals surface area contributed by atoms with Gasteiger partial charge in [-0.1, -0.05) is 31.9 Å². The summed E-state index contributed by atoms with van der Waals surface area (Å²) in [5.41, 5.74) is -0.417. The second-order valence-electron chi connectivity index (χ2n) is 5.18. The third-order valence-electron chi connectivity index (χ3n) is 2.12. The van der Waals surface area contributed by atoms with Crippen LogP contribution in [0.15, 0.2) is 12.2 Å². The van der Waals surface area contributed by atoms with E-state index in [1.807, 2.05) is 20.8 Å². The lowest BCUT2D eigenvalue weighted by Crippen LogP contribution is -2.32. The zero-order valence-corrected chi connectivity index (χ0v) is 11.7. The van der Waals surface area contributed by atoms with Gasteiger partial charge in [0.2, 0.25) is 0 Å². The second kappa shape index (κ2) is 9.08. The van der Waals surface area contributed by atoms with Crippen LogP contribution in [0.2, 0.25) is 0 Å². The first kappa shape index (κ1) is 16.0. The Bertz CT molecular complexity index is 229. The standard InChI is InChI=1S/C14H27NO2/c1-5-6-7-8-9-10-11-12-15-13(16)17-14(2,3)4/h9-10H,5-8,11-12H2,1-4H3,(H,15,16)/b10-9+. The monoisotopic (exact) mass is 241 g/mol. The van der Waals surface area contributed by atoms with Crippen LogP contribution in [0.5, 0.6) is 0 Å². The van der Waals surface area contributed by atoms with Gasteiger partial charge in [-0.3, -0.25) is 0 Å². The molecule has 0 aliphatic carbocycles. The molecule has 0 spiro atoms. The summed E-state index contributed by atoms with van der Waals surface area (Å²) in [6.45, 7) is 8.42. The minimum Gasteiger partial charge on any atom is -0.444 e. The summed E-state index contributed by atoms with van der Waals surface area (Å²) < 4.78 is 5.12. The molecule has 0 aliphatic heterocycles. The van der Waals surface area contributed by atoms with E-state index in [1.165, 1.54) is 19.3 Å². The lowest BCUT2D eigenvalue weighted by atomic mass is 10.2. The molecule has 0 unspecified atom stereocenters. The third kappa shape index (κ3) is 12.9. The van der Waals surface area contributed by atoms with Crippen LogP contribution in [0.3, 0.4) is 0 Å². The zero-order valence-electron chi connectivity index (χ0n) is 11.7. The van der Waals surface area contributed by atoms with E-state index in [2.05, 4.69) is 24.4 Å². The maximum Gasteiger partial charge on any atom is 0.407 e. The van der Waals surface area contributed by atoms with E-state index in [9.17, 15) is 4.79 Å². The van der Waals surface area contributed by atoms with Crippen LogP contribution in [0.4, 0.5) is 4.79 Å². The molecule has 3 heteroatoms. The molecular weight excluding hydrogens is 214 g/mol. The molecule has 0 heterocycles. The van der Waals surface area contributed by atoms with E-state index in [4.69, 9.17) is 4.74 Å². The number of amides is 1. The van der Waals surface area contributed by atoms with Gasteiger partial charge in [0, 0.05) is 6.54 Å². The highest BCUT2D eigenvalue weighted by molar-refractivity contribution is 5.67. The number of carbonyl (C=O) groups excluding carboxylic acids is 1. The van der Waals surface area contributed by atoms with Crippen molar-refractivity contribution < 1.29 is 9.53 Å². The summed E-state index contributed by atoms with van der Waals surface area (Å²) in [5, 5.41) is 2.73. The Morgan fingerprint density at radius 3 is 2.41 bits per heavy atom. The molecule has 1 N–H and O–H groups in total. The summed E-state index contributed by atoms with van der Waals surface area (Å²) in [7, 11) is 0. The Morgan fingerprint density at radius 1 is 1.18 bits per heavy atom. The first-order valence-electron chi connectivity index (χ1n) is 6.57. The molecule has 0 aromatic rings. The summed E-state index contributed by atoms with van der Waals surface area (Å²) in [6.07, 6.45) is 9.78.